The van der Waals surface area contributed by atoms with Crippen molar-refractivity contribution in [3.05, 3.63) is 5.82 Å². The summed E-state index contributed by atoms with van der Waals surface area (Å²) in [4.78, 5) is 18.9. The van der Waals surface area contributed by atoms with Gasteiger partial charge in [0.1, 0.15) is 5.82 Å². The third-order valence-electron chi connectivity index (χ3n) is 4.23. The summed E-state index contributed by atoms with van der Waals surface area (Å²) < 4.78 is 4.33. The van der Waals surface area contributed by atoms with Gasteiger partial charge in [-0.25, -0.2) is 9.78 Å². The lowest BCUT2D eigenvalue weighted by Gasteiger charge is -2.35. The molecule has 5 nitrogen and oxygen atoms in total. The molecule has 110 valence electrons. The molecule has 2 aliphatic rings. The van der Waals surface area contributed by atoms with Crippen LogP contribution in [0.5, 0.6) is 0 Å². The molecule has 1 saturated heterocycles. The Labute approximate surface area is 123 Å². The largest absolute Gasteiger partial charge is 0.324 e. The van der Waals surface area contributed by atoms with Crippen molar-refractivity contribution in [1.29, 1.82) is 0 Å². The van der Waals surface area contributed by atoms with E-state index in [4.69, 9.17) is 0 Å². The van der Waals surface area contributed by atoms with Crippen LogP contribution in [-0.4, -0.2) is 32.4 Å². The van der Waals surface area contributed by atoms with Crippen LogP contribution in [0.4, 0.5) is 9.93 Å². The molecule has 1 aromatic rings. The predicted octanol–water partition coefficient (Wildman–Crippen LogP) is 3.39. The minimum Gasteiger partial charge on any atom is -0.319 e. The third-order valence-corrected chi connectivity index (χ3v) is 4.86. The minimum atomic E-state index is -0.0810. The first kappa shape index (κ1) is 13.8. The first-order valence-electron chi connectivity index (χ1n) is 7.34. The zero-order chi connectivity index (χ0) is 14.4. The van der Waals surface area contributed by atoms with Crippen molar-refractivity contribution < 1.29 is 4.79 Å². The monoisotopic (exact) mass is 294 g/mol. The zero-order valence-electron chi connectivity index (χ0n) is 12.4. The zero-order valence-corrected chi connectivity index (χ0v) is 13.2. The number of piperidine rings is 1. The Kier molecular flexibility index (Phi) is 3.23. The third kappa shape index (κ3) is 2.53. The average molecular weight is 294 g/mol. The highest BCUT2D eigenvalue weighted by molar-refractivity contribution is 7.09. The molecule has 1 aromatic heterocycles. The number of rotatable bonds is 1. The fraction of sp³-hybridized carbons (Fsp3) is 0.786. The van der Waals surface area contributed by atoms with Gasteiger partial charge in [0.15, 0.2) is 0 Å². The van der Waals surface area contributed by atoms with E-state index in [0.29, 0.717) is 5.13 Å². The molecule has 1 N–H and O–H groups in total. The van der Waals surface area contributed by atoms with Crippen molar-refractivity contribution >= 4 is 22.7 Å². The number of anilines is 1. The van der Waals surface area contributed by atoms with Crippen LogP contribution >= 0.6 is 11.5 Å². The Morgan fingerprint density at radius 1 is 1.30 bits per heavy atom. The normalized spacial score (nSPS) is 21.1. The summed E-state index contributed by atoms with van der Waals surface area (Å²) in [5, 5.41) is 3.54. The van der Waals surface area contributed by atoms with Crippen LogP contribution in [0.25, 0.3) is 0 Å². The maximum Gasteiger partial charge on any atom is 0.324 e. The van der Waals surface area contributed by atoms with Gasteiger partial charge in [-0.15, -0.1) is 0 Å². The van der Waals surface area contributed by atoms with Crippen LogP contribution < -0.4 is 5.32 Å². The highest BCUT2D eigenvalue weighted by atomic mass is 32.1. The van der Waals surface area contributed by atoms with E-state index in [9.17, 15) is 4.79 Å². The fourth-order valence-electron chi connectivity index (χ4n) is 2.82. The molecule has 1 aliphatic heterocycles. The predicted molar refractivity (Wildman–Crippen MR) is 80.1 cm³/mol. The fourth-order valence-corrected chi connectivity index (χ4v) is 3.56. The lowest BCUT2D eigenvalue weighted by atomic mass is 9.96. The Hall–Kier alpha value is -1.17. The van der Waals surface area contributed by atoms with Gasteiger partial charge in [0.25, 0.3) is 0 Å². The van der Waals surface area contributed by atoms with Crippen LogP contribution in [0, 0.1) is 0 Å². The number of hydrogen-bond acceptors (Lipinski definition) is 4. The molecule has 0 aromatic carbocycles. The number of hydrogen-bond donors (Lipinski definition) is 1. The number of carbonyl (C=O) groups excluding carboxylic acids is 1. The Morgan fingerprint density at radius 2 is 2.05 bits per heavy atom. The Balaban J connectivity index is 1.68. The van der Waals surface area contributed by atoms with Gasteiger partial charge in [0.2, 0.25) is 5.13 Å². The molecule has 20 heavy (non-hydrogen) atoms. The number of aromatic nitrogens is 2. The number of urea groups is 1. The number of nitrogens with zero attached hydrogens (tertiary/aromatic N) is 3. The number of likely N-dealkylation sites (tertiary alicyclic amines) is 1. The van der Waals surface area contributed by atoms with Crippen LogP contribution in [0.2, 0.25) is 0 Å². The van der Waals surface area contributed by atoms with E-state index in [1.807, 2.05) is 4.90 Å². The second-order valence-electron chi connectivity index (χ2n) is 6.94. The van der Waals surface area contributed by atoms with Crippen molar-refractivity contribution in [3.63, 3.8) is 0 Å². The van der Waals surface area contributed by atoms with Gasteiger partial charge in [0, 0.05) is 29.0 Å². The molecule has 1 saturated carbocycles. The van der Waals surface area contributed by atoms with E-state index in [1.54, 1.807) is 0 Å². The van der Waals surface area contributed by atoms with Gasteiger partial charge in [-0.2, -0.15) is 4.37 Å². The van der Waals surface area contributed by atoms with E-state index >= 15 is 0 Å². The summed E-state index contributed by atoms with van der Waals surface area (Å²) in [5.74, 6) is 0.789. The minimum absolute atomic E-state index is 0.00110. The maximum atomic E-state index is 12.4. The SMILES string of the molecule is CC(C)(C)c1nsc(NC(=O)N2CCCCC23CC3)n1. The second-order valence-corrected chi connectivity index (χ2v) is 7.69. The molecule has 2 fully saturated rings. The molecule has 3 rings (SSSR count). The lowest BCUT2D eigenvalue weighted by Crippen LogP contribution is -2.47. The molecule has 6 heteroatoms. The summed E-state index contributed by atoms with van der Waals surface area (Å²) in [7, 11) is 0. The van der Waals surface area contributed by atoms with Crippen LogP contribution in [0.1, 0.15) is 58.7 Å². The van der Waals surface area contributed by atoms with E-state index in [-0.39, 0.29) is 17.0 Å². The highest BCUT2D eigenvalue weighted by Crippen LogP contribution is 2.48. The Morgan fingerprint density at radius 3 is 2.65 bits per heavy atom. The summed E-state index contributed by atoms with van der Waals surface area (Å²) in [6.45, 7) is 7.09. The molecular weight excluding hydrogens is 272 g/mol. The summed E-state index contributed by atoms with van der Waals surface area (Å²) in [5.41, 5.74) is 0.0855. The highest BCUT2D eigenvalue weighted by Gasteiger charge is 2.51. The van der Waals surface area contributed by atoms with Crippen LogP contribution in [-0.2, 0) is 5.41 Å². The first-order chi connectivity index (χ1) is 9.41. The van der Waals surface area contributed by atoms with Gasteiger partial charge in [0.05, 0.1) is 0 Å². The lowest BCUT2D eigenvalue weighted by molar-refractivity contribution is 0.151. The quantitative estimate of drug-likeness (QED) is 0.863. The molecular formula is C14H22N4OS. The number of nitrogens with one attached hydrogen (secondary N) is 1. The van der Waals surface area contributed by atoms with Crippen molar-refractivity contribution in [1.82, 2.24) is 14.3 Å². The van der Waals surface area contributed by atoms with Crippen LogP contribution in [0.3, 0.4) is 0 Å². The summed E-state index contributed by atoms with van der Waals surface area (Å²) in [6.07, 6.45) is 5.83. The average Bonchev–Trinajstić information content (AvgIpc) is 2.96. The van der Waals surface area contributed by atoms with Crippen molar-refractivity contribution in [2.75, 3.05) is 11.9 Å². The van der Waals surface area contributed by atoms with Gasteiger partial charge >= 0.3 is 6.03 Å². The molecule has 0 unspecified atom stereocenters. The van der Waals surface area contributed by atoms with Crippen molar-refractivity contribution in [2.45, 2.75) is 63.8 Å². The van der Waals surface area contributed by atoms with Gasteiger partial charge < -0.3 is 4.90 Å². The van der Waals surface area contributed by atoms with Crippen molar-refractivity contribution in [2.24, 2.45) is 0 Å². The molecule has 1 spiro atoms. The maximum absolute atomic E-state index is 12.4. The number of carbonyl (C=O) groups is 1. The molecule has 1 aliphatic carbocycles. The molecule has 0 radical (unpaired) electrons. The topological polar surface area (TPSA) is 58.1 Å². The summed E-state index contributed by atoms with van der Waals surface area (Å²) in [6, 6.07) is -0.00110. The second kappa shape index (κ2) is 4.69. The van der Waals surface area contributed by atoms with E-state index in [2.05, 4.69) is 35.4 Å². The van der Waals surface area contributed by atoms with Crippen molar-refractivity contribution in [3.8, 4) is 0 Å². The van der Waals surface area contributed by atoms with Gasteiger partial charge in [-0.05, 0) is 32.1 Å². The standard InChI is InChI=1S/C14H22N4OS/c1-13(2,3)10-15-11(20-17-10)16-12(19)18-9-5-4-6-14(18)7-8-14/h4-9H2,1-3H3,(H,15,16,17,19). The van der Waals surface area contributed by atoms with Crippen LogP contribution in [0.15, 0.2) is 0 Å². The van der Waals surface area contributed by atoms with E-state index < -0.39 is 0 Å². The van der Waals surface area contributed by atoms with E-state index in [0.717, 1.165) is 38.1 Å². The Bertz CT molecular complexity index is 515. The van der Waals surface area contributed by atoms with Gasteiger partial charge in [-0.1, -0.05) is 20.8 Å². The first-order valence-corrected chi connectivity index (χ1v) is 8.11. The molecule has 0 atom stereocenters. The van der Waals surface area contributed by atoms with Gasteiger partial charge in [-0.3, -0.25) is 5.32 Å². The number of amides is 2. The van der Waals surface area contributed by atoms with E-state index in [1.165, 1.54) is 18.0 Å². The molecule has 2 heterocycles. The summed E-state index contributed by atoms with van der Waals surface area (Å²) >= 11 is 1.27. The molecule has 2 amide bonds. The smallest absolute Gasteiger partial charge is 0.319 e. The molecule has 0 bridgehead atoms.